The third-order valence-electron chi connectivity index (χ3n) is 2.16. The van der Waals surface area contributed by atoms with Gasteiger partial charge in [0.05, 0.1) is 11.4 Å². The van der Waals surface area contributed by atoms with Gasteiger partial charge >= 0.3 is 29.6 Å². The number of allylic oxidation sites excluding steroid dienone is 2. The summed E-state index contributed by atoms with van der Waals surface area (Å²) >= 11 is 0. The number of aliphatic hydroxyl groups is 1. The molecule has 0 saturated heterocycles. The van der Waals surface area contributed by atoms with E-state index in [4.69, 9.17) is 0 Å². The second-order valence-corrected chi connectivity index (χ2v) is 5.06. The monoisotopic (exact) mass is 236 g/mol. The summed E-state index contributed by atoms with van der Waals surface area (Å²) in [6.45, 7) is 7.66. The molecule has 0 aliphatic heterocycles. The number of aliphatic carboxylic acids is 1. The Balaban J connectivity index is 0. The molecule has 4 nitrogen and oxygen atoms in total. The molecule has 1 N–H and O–H groups in total. The third-order valence-corrected chi connectivity index (χ3v) is 2.16. The van der Waals surface area contributed by atoms with Crippen LogP contribution >= 0.6 is 0 Å². The fourth-order valence-corrected chi connectivity index (χ4v) is 0.622. The van der Waals surface area contributed by atoms with Crippen molar-refractivity contribution in [2.24, 2.45) is 10.8 Å². The number of carboxylic acid groups (broad SMARTS) is 1. The molecule has 0 aliphatic carbocycles. The SMILES string of the molecule is CC(C)(C)C(O)=CC(=O)C(C)(C)C(=O)[O-].[Na+]. The van der Waals surface area contributed by atoms with Gasteiger partial charge in [-0.3, -0.25) is 4.79 Å². The van der Waals surface area contributed by atoms with Crippen molar-refractivity contribution in [3.63, 3.8) is 0 Å². The molecular formula is C11H17NaO4. The van der Waals surface area contributed by atoms with E-state index in [1.54, 1.807) is 20.8 Å². The average molecular weight is 236 g/mol. The smallest absolute Gasteiger partial charge is 0.549 e. The molecule has 0 aromatic heterocycles. The van der Waals surface area contributed by atoms with Crippen molar-refractivity contribution in [3.8, 4) is 0 Å². The molecular weight excluding hydrogens is 219 g/mol. The van der Waals surface area contributed by atoms with Gasteiger partial charge in [-0.1, -0.05) is 20.8 Å². The zero-order chi connectivity index (χ0) is 12.4. The van der Waals surface area contributed by atoms with Gasteiger partial charge in [0.1, 0.15) is 5.76 Å². The molecule has 86 valence electrons. The molecule has 0 saturated carbocycles. The van der Waals surface area contributed by atoms with E-state index in [-0.39, 0.29) is 35.3 Å². The molecule has 0 radical (unpaired) electrons. The fourth-order valence-electron chi connectivity index (χ4n) is 0.622. The van der Waals surface area contributed by atoms with Gasteiger partial charge in [-0.05, 0) is 13.8 Å². The first-order chi connectivity index (χ1) is 6.49. The van der Waals surface area contributed by atoms with Crippen molar-refractivity contribution < 1.29 is 49.4 Å². The molecule has 16 heavy (non-hydrogen) atoms. The van der Waals surface area contributed by atoms with Crippen molar-refractivity contribution in [1.29, 1.82) is 0 Å². The van der Waals surface area contributed by atoms with E-state index in [9.17, 15) is 19.8 Å². The van der Waals surface area contributed by atoms with Crippen molar-refractivity contribution in [1.82, 2.24) is 0 Å². The number of aliphatic hydroxyl groups excluding tert-OH is 1. The number of rotatable bonds is 3. The topological polar surface area (TPSA) is 77.4 Å². The van der Waals surface area contributed by atoms with Gasteiger partial charge in [0.2, 0.25) is 0 Å². The normalized spacial score (nSPS) is 12.9. The molecule has 0 spiro atoms. The molecule has 5 heteroatoms. The second-order valence-electron chi connectivity index (χ2n) is 5.06. The van der Waals surface area contributed by atoms with Crippen LogP contribution in [0.15, 0.2) is 11.8 Å². The van der Waals surface area contributed by atoms with Crippen LogP contribution in [0.1, 0.15) is 34.6 Å². The summed E-state index contributed by atoms with van der Waals surface area (Å²) in [4.78, 5) is 22.2. The zero-order valence-electron chi connectivity index (χ0n) is 10.7. The first kappa shape index (κ1) is 18.1. The third kappa shape index (κ3) is 4.68. The minimum Gasteiger partial charge on any atom is -0.549 e. The molecule has 0 bridgehead atoms. The van der Waals surface area contributed by atoms with Crippen molar-refractivity contribution in [3.05, 3.63) is 11.8 Å². The van der Waals surface area contributed by atoms with Crippen LogP contribution in [0.4, 0.5) is 0 Å². The minimum absolute atomic E-state index is 0. The van der Waals surface area contributed by atoms with Crippen molar-refractivity contribution in [2.75, 3.05) is 0 Å². The van der Waals surface area contributed by atoms with E-state index in [1.807, 2.05) is 0 Å². The summed E-state index contributed by atoms with van der Waals surface area (Å²) in [5.74, 6) is -2.26. The van der Waals surface area contributed by atoms with Crippen LogP contribution in [-0.4, -0.2) is 16.9 Å². The number of ketones is 1. The first-order valence-electron chi connectivity index (χ1n) is 4.66. The van der Waals surface area contributed by atoms with Crippen LogP contribution in [-0.2, 0) is 9.59 Å². The molecule has 0 aromatic rings. The molecule has 0 rings (SSSR count). The average Bonchev–Trinajstić information content (AvgIpc) is 2.01. The standard InChI is InChI=1S/C11H18O4.Na/c1-10(2,3)7(12)6-8(13)11(4,5)9(14)15;/h6,12H,1-5H3,(H,14,15);/q;+1/p-1. The van der Waals surface area contributed by atoms with Crippen molar-refractivity contribution >= 4 is 11.8 Å². The fraction of sp³-hybridized carbons (Fsp3) is 0.636. The Labute approximate surface area is 118 Å². The Morgan fingerprint density at radius 1 is 1.12 bits per heavy atom. The zero-order valence-corrected chi connectivity index (χ0v) is 12.7. The van der Waals surface area contributed by atoms with E-state index in [1.165, 1.54) is 13.8 Å². The maximum atomic E-state index is 11.5. The molecule has 0 amide bonds. The first-order valence-corrected chi connectivity index (χ1v) is 4.66. The Morgan fingerprint density at radius 3 is 1.75 bits per heavy atom. The van der Waals surface area contributed by atoms with E-state index in [0.29, 0.717) is 0 Å². The predicted octanol–water partition coefficient (Wildman–Crippen LogP) is -2.18. The summed E-state index contributed by atoms with van der Waals surface area (Å²) in [7, 11) is 0. The summed E-state index contributed by atoms with van der Waals surface area (Å²) in [6, 6.07) is 0. The Morgan fingerprint density at radius 2 is 1.50 bits per heavy atom. The van der Waals surface area contributed by atoms with E-state index in [0.717, 1.165) is 6.08 Å². The van der Waals surface area contributed by atoms with E-state index >= 15 is 0 Å². The Bertz CT molecular complexity index is 310. The molecule has 0 aromatic carbocycles. The number of carbonyl (C=O) groups excluding carboxylic acids is 2. The Hall–Kier alpha value is -0.320. The summed E-state index contributed by atoms with van der Waals surface area (Å²) < 4.78 is 0. The van der Waals surface area contributed by atoms with E-state index in [2.05, 4.69) is 0 Å². The van der Waals surface area contributed by atoms with Gasteiger partial charge in [0.15, 0.2) is 5.78 Å². The molecule has 0 heterocycles. The maximum absolute atomic E-state index is 11.5. The predicted molar refractivity (Wildman–Crippen MR) is 54.0 cm³/mol. The number of hydrogen-bond acceptors (Lipinski definition) is 4. The van der Waals surface area contributed by atoms with Crippen LogP contribution in [0.5, 0.6) is 0 Å². The van der Waals surface area contributed by atoms with Gasteiger partial charge in [0, 0.05) is 11.5 Å². The van der Waals surface area contributed by atoms with E-state index < -0.39 is 22.6 Å². The van der Waals surface area contributed by atoms with Crippen LogP contribution in [0.25, 0.3) is 0 Å². The van der Waals surface area contributed by atoms with Crippen LogP contribution in [0.2, 0.25) is 0 Å². The van der Waals surface area contributed by atoms with Crippen LogP contribution < -0.4 is 34.7 Å². The quantitative estimate of drug-likeness (QED) is 0.262. The van der Waals surface area contributed by atoms with Crippen LogP contribution in [0.3, 0.4) is 0 Å². The van der Waals surface area contributed by atoms with Crippen molar-refractivity contribution in [2.45, 2.75) is 34.6 Å². The van der Waals surface area contributed by atoms with Gasteiger partial charge in [-0.15, -0.1) is 0 Å². The second kappa shape index (κ2) is 5.84. The van der Waals surface area contributed by atoms with Gasteiger partial charge in [-0.2, -0.15) is 0 Å². The molecule has 0 unspecified atom stereocenters. The van der Waals surface area contributed by atoms with Crippen LogP contribution in [0, 0.1) is 10.8 Å². The summed E-state index contributed by atoms with van der Waals surface area (Å²) in [5.41, 5.74) is -2.18. The Kier molecular flexibility index (Phi) is 6.60. The minimum atomic E-state index is -1.61. The maximum Gasteiger partial charge on any atom is 1.00 e. The molecule has 0 atom stereocenters. The largest absolute Gasteiger partial charge is 1.00 e. The van der Waals surface area contributed by atoms with Gasteiger partial charge in [0.25, 0.3) is 0 Å². The number of carbonyl (C=O) groups is 2. The van der Waals surface area contributed by atoms with Gasteiger partial charge in [-0.25, -0.2) is 0 Å². The molecule has 0 aliphatic rings. The molecule has 0 fully saturated rings. The summed E-state index contributed by atoms with van der Waals surface area (Å²) in [5, 5.41) is 20.2. The number of hydrogen-bond donors (Lipinski definition) is 1. The number of carboxylic acids is 1. The van der Waals surface area contributed by atoms with Gasteiger partial charge < -0.3 is 15.0 Å². The summed E-state index contributed by atoms with van der Waals surface area (Å²) in [6.07, 6.45) is 0.954.